The lowest BCUT2D eigenvalue weighted by Crippen LogP contribution is -2.62. The molecule has 36 heavy (non-hydrogen) atoms. The van der Waals surface area contributed by atoms with Crippen molar-refractivity contribution in [1.29, 1.82) is 0 Å². The zero-order chi connectivity index (χ0) is 26.5. The molecule has 0 aliphatic heterocycles. The fourth-order valence-corrected chi connectivity index (χ4v) is 8.91. The zero-order valence-corrected chi connectivity index (χ0v) is 22.3. The van der Waals surface area contributed by atoms with Gasteiger partial charge in [0.15, 0.2) is 23.6 Å². The van der Waals surface area contributed by atoms with E-state index < -0.39 is 16.6 Å². The van der Waals surface area contributed by atoms with Crippen molar-refractivity contribution in [2.75, 3.05) is 7.11 Å². The molecule has 0 spiro atoms. The maximum Gasteiger partial charge on any atom is 0.311 e. The van der Waals surface area contributed by atoms with E-state index in [2.05, 4.69) is 27.7 Å². The Labute approximate surface area is 213 Å². The number of allylic oxidation sites excluding steroid dienone is 2. The van der Waals surface area contributed by atoms with E-state index in [0.29, 0.717) is 11.8 Å². The van der Waals surface area contributed by atoms with Crippen LogP contribution in [0, 0.1) is 27.6 Å². The molecule has 0 heterocycles. The first-order chi connectivity index (χ1) is 16.7. The Balaban J connectivity index is 1.67. The van der Waals surface area contributed by atoms with Gasteiger partial charge in [-0.1, -0.05) is 27.7 Å². The van der Waals surface area contributed by atoms with Crippen LogP contribution in [0.3, 0.4) is 0 Å². The highest BCUT2D eigenvalue weighted by Gasteiger charge is 2.67. The fourth-order valence-electron chi connectivity index (χ4n) is 8.91. The number of ether oxygens (including phenoxy) is 1. The van der Waals surface area contributed by atoms with Gasteiger partial charge in [-0.15, -0.1) is 0 Å². The summed E-state index contributed by atoms with van der Waals surface area (Å²) in [5.41, 5.74) is 0.337. The SMILES string of the molecule is COC(=O)[C@]1(C)CC[C@]2(C)CC[C@]3(C)C4=CC(=O)c5c(cc(O)c(O)c5C=O)[C@]4(C)CC[C@@]3(C)C2C1. The van der Waals surface area contributed by atoms with Crippen molar-refractivity contribution in [1.82, 2.24) is 0 Å². The second-order valence-corrected chi connectivity index (χ2v) is 13.2. The molecule has 1 unspecified atom stereocenters. The smallest absolute Gasteiger partial charge is 0.311 e. The summed E-state index contributed by atoms with van der Waals surface area (Å²) < 4.78 is 5.23. The summed E-state index contributed by atoms with van der Waals surface area (Å²) in [7, 11) is 1.47. The molecule has 4 aliphatic rings. The number of carbonyl (C=O) groups excluding carboxylic acids is 3. The van der Waals surface area contributed by atoms with Crippen LogP contribution in [0.2, 0.25) is 0 Å². The molecule has 0 bridgehead atoms. The molecule has 6 nitrogen and oxygen atoms in total. The minimum atomic E-state index is -0.547. The third kappa shape index (κ3) is 2.87. The number of phenolic OH excluding ortho intramolecular Hbond substituents is 2. The van der Waals surface area contributed by atoms with Crippen molar-refractivity contribution in [2.45, 2.75) is 85.0 Å². The summed E-state index contributed by atoms with van der Waals surface area (Å²) in [6, 6.07) is 1.48. The van der Waals surface area contributed by atoms with E-state index in [1.54, 1.807) is 6.08 Å². The van der Waals surface area contributed by atoms with Crippen LogP contribution >= 0.6 is 0 Å². The van der Waals surface area contributed by atoms with Crippen LogP contribution < -0.4 is 0 Å². The highest BCUT2D eigenvalue weighted by Crippen LogP contribution is 2.74. The van der Waals surface area contributed by atoms with Crippen LogP contribution in [-0.2, 0) is 14.9 Å². The number of esters is 1. The number of aromatic hydroxyl groups is 2. The number of carbonyl (C=O) groups is 3. The lowest BCUT2D eigenvalue weighted by molar-refractivity contribution is -0.179. The molecule has 0 saturated heterocycles. The molecule has 5 rings (SSSR count). The molecule has 3 fully saturated rings. The summed E-state index contributed by atoms with van der Waals surface area (Å²) in [5, 5.41) is 20.8. The molecule has 6 atom stereocenters. The molecule has 1 aromatic carbocycles. The van der Waals surface area contributed by atoms with E-state index in [4.69, 9.17) is 4.74 Å². The van der Waals surface area contributed by atoms with Gasteiger partial charge in [-0.3, -0.25) is 14.4 Å². The highest BCUT2D eigenvalue weighted by atomic mass is 16.5. The van der Waals surface area contributed by atoms with E-state index in [0.717, 1.165) is 50.5 Å². The molecule has 6 heteroatoms. The lowest BCUT2D eigenvalue weighted by atomic mass is 9.34. The first-order valence-corrected chi connectivity index (χ1v) is 13.1. The van der Waals surface area contributed by atoms with Gasteiger partial charge in [0.1, 0.15) is 0 Å². The van der Waals surface area contributed by atoms with Gasteiger partial charge in [-0.2, -0.15) is 0 Å². The van der Waals surface area contributed by atoms with Crippen molar-refractivity contribution in [3.63, 3.8) is 0 Å². The lowest BCUT2D eigenvalue weighted by Gasteiger charge is -2.69. The fraction of sp³-hybridized carbons (Fsp3) is 0.633. The van der Waals surface area contributed by atoms with E-state index in [-0.39, 0.29) is 50.8 Å². The third-order valence-electron chi connectivity index (χ3n) is 11.5. The Bertz CT molecular complexity index is 1230. The Kier molecular flexibility index (Phi) is 5.18. The molecule has 194 valence electrons. The molecular weight excluding hydrogens is 456 g/mol. The van der Waals surface area contributed by atoms with Gasteiger partial charge in [0.25, 0.3) is 0 Å². The average Bonchev–Trinajstić information content (AvgIpc) is 2.84. The van der Waals surface area contributed by atoms with Gasteiger partial charge < -0.3 is 14.9 Å². The largest absolute Gasteiger partial charge is 0.504 e. The van der Waals surface area contributed by atoms with Crippen molar-refractivity contribution >= 4 is 18.0 Å². The van der Waals surface area contributed by atoms with Crippen LogP contribution in [0.4, 0.5) is 0 Å². The molecule has 2 N–H and O–H groups in total. The van der Waals surface area contributed by atoms with Gasteiger partial charge >= 0.3 is 5.97 Å². The molecule has 0 amide bonds. The summed E-state index contributed by atoms with van der Waals surface area (Å²) >= 11 is 0. The summed E-state index contributed by atoms with van der Waals surface area (Å²) in [6.45, 7) is 11.1. The zero-order valence-electron chi connectivity index (χ0n) is 22.3. The van der Waals surface area contributed by atoms with E-state index in [9.17, 15) is 24.6 Å². The third-order valence-corrected chi connectivity index (χ3v) is 11.5. The second kappa shape index (κ2) is 7.45. The van der Waals surface area contributed by atoms with E-state index >= 15 is 0 Å². The van der Waals surface area contributed by atoms with E-state index in [1.807, 2.05) is 6.92 Å². The minimum Gasteiger partial charge on any atom is -0.504 e. The van der Waals surface area contributed by atoms with Crippen molar-refractivity contribution in [2.24, 2.45) is 27.6 Å². The van der Waals surface area contributed by atoms with Crippen LogP contribution in [0.1, 0.15) is 106 Å². The maximum absolute atomic E-state index is 13.5. The topological polar surface area (TPSA) is 101 Å². The molecule has 1 aromatic rings. The van der Waals surface area contributed by atoms with Gasteiger partial charge in [0.05, 0.1) is 18.1 Å². The Morgan fingerprint density at radius 3 is 2.33 bits per heavy atom. The number of benzene rings is 1. The van der Waals surface area contributed by atoms with Gasteiger partial charge in [-0.25, -0.2) is 0 Å². The number of hydrogen-bond donors (Lipinski definition) is 2. The minimum absolute atomic E-state index is 0.113. The number of ketones is 1. The van der Waals surface area contributed by atoms with Gasteiger partial charge in [-0.05, 0) is 97.3 Å². The maximum atomic E-state index is 13.5. The van der Waals surface area contributed by atoms with Crippen LogP contribution in [0.15, 0.2) is 17.7 Å². The summed E-state index contributed by atoms with van der Waals surface area (Å²) in [5.74, 6) is -1.07. The number of rotatable bonds is 2. The molecule has 0 aromatic heterocycles. The molecule has 0 radical (unpaired) electrons. The van der Waals surface area contributed by atoms with Gasteiger partial charge in [0, 0.05) is 11.0 Å². The molecular formula is C30H38O6. The number of methoxy groups -OCH3 is 1. The van der Waals surface area contributed by atoms with Crippen molar-refractivity contribution < 1.29 is 29.3 Å². The first kappa shape index (κ1) is 25.0. The standard InChI is InChI=1S/C30H38O6/c1-26-7-8-27(2,25(35)36-6)15-22(26)30(5)12-10-28(3)18-13-20(33)24(34)17(16-31)23(18)19(32)14-21(28)29(30,4)11-9-26/h13-14,16,22,33-34H,7-12,15H2,1-6H3/t22?,26-,27-,28+,29-,30+/m1/s1. The predicted molar refractivity (Wildman–Crippen MR) is 135 cm³/mol. The van der Waals surface area contributed by atoms with E-state index in [1.165, 1.54) is 13.2 Å². The predicted octanol–water partition coefficient (Wildman–Crippen LogP) is 5.88. The quantitative estimate of drug-likeness (QED) is 0.303. The van der Waals surface area contributed by atoms with Crippen molar-refractivity contribution in [3.05, 3.63) is 34.4 Å². The van der Waals surface area contributed by atoms with Crippen LogP contribution in [0.5, 0.6) is 11.5 Å². The summed E-state index contributed by atoms with van der Waals surface area (Å²) in [6.07, 6.45) is 8.32. The summed E-state index contributed by atoms with van der Waals surface area (Å²) in [4.78, 5) is 38.2. The van der Waals surface area contributed by atoms with Crippen molar-refractivity contribution in [3.8, 4) is 11.5 Å². The Morgan fingerprint density at radius 2 is 1.69 bits per heavy atom. The first-order valence-electron chi connectivity index (χ1n) is 13.1. The highest BCUT2D eigenvalue weighted by molar-refractivity contribution is 6.13. The average molecular weight is 495 g/mol. The van der Waals surface area contributed by atoms with Crippen LogP contribution in [0.25, 0.3) is 0 Å². The Hall–Kier alpha value is -2.63. The monoisotopic (exact) mass is 494 g/mol. The molecule has 3 saturated carbocycles. The number of fused-ring (bicyclic) bond motifs is 7. The number of phenols is 2. The number of aldehydes is 1. The second-order valence-electron chi connectivity index (χ2n) is 13.2. The van der Waals surface area contributed by atoms with Gasteiger partial charge in [0.2, 0.25) is 0 Å². The van der Waals surface area contributed by atoms with Crippen LogP contribution in [-0.4, -0.2) is 35.4 Å². The molecule has 4 aliphatic carbocycles. The normalized spacial score (nSPS) is 41.2. The Morgan fingerprint density at radius 1 is 1.03 bits per heavy atom. The number of hydrogen-bond acceptors (Lipinski definition) is 6.